The van der Waals surface area contributed by atoms with Crippen LogP contribution in [-0.4, -0.2) is 16.1 Å². The number of carboxylic acids is 1. The van der Waals surface area contributed by atoms with E-state index >= 15 is 0 Å². The molecule has 1 heterocycles. The molecule has 110 valence electrons. The van der Waals surface area contributed by atoms with Crippen LogP contribution in [0.4, 0.5) is 5.69 Å². The summed E-state index contributed by atoms with van der Waals surface area (Å²) in [6, 6.07) is 7.85. The van der Waals surface area contributed by atoms with Crippen LogP contribution < -0.4 is 5.32 Å². The van der Waals surface area contributed by atoms with Crippen molar-refractivity contribution in [1.29, 1.82) is 0 Å². The average Bonchev–Trinajstić information content (AvgIpc) is 2.48. The highest BCUT2D eigenvalue weighted by molar-refractivity contribution is 9.10. The lowest BCUT2D eigenvalue weighted by Crippen LogP contribution is -2.03. The molecule has 0 unspecified atom stereocenters. The second-order valence-electron chi connectivity index (χ2n) is 4.85. The molecule has 0 atom stereocenters. The van der Waals surface area contributed by atoms with Crippen molar-refractivity contribution < 1.29 is 9.90 Å². The molecule has 5 heteroatoms. The SMILES string of the molecule is Cc1c(Br)cncc1CNc1ccc(CCC(=O)O)cc1. The molecule has 2 aromatic rings. The standard InChI is InChI=1S/C16H17BrN2O2/c1-11-13(8-18-10-15(11)17)9-19-14-5-2-12(3-6-14)4-7-16(20)21/h2-3,5-6,8,10,19H,4,7,9H2,1H3,(H,20,21). The van der Waals surface area contributed by atoms with Gasteiger partial charge in [-0.2, -0.15) is 0 Å². The minimum Gasteiger partial charge on any atom is -0.481 e. The molecule has 1 aromatic heterocycles. The van der Waals surface area contributed by atoms with Gasteiger partial charge in [0.15, 0.2) is 0 Å². The molecule has 0 saturated heterocycles. The lowest BCUT2D eigenvalue weighted by Gasteiger charge is -2.10. The molecule has 0 amide bonds. The number of benzene rings is 1. The minimum atomic E-state index is -0.769. The summed E-state index contributed by atoms with van der Waals surface area (Å²) in [5.41, 5.74) is 4.35. The van der Waals surface area contributed by atoms with E-state index < -0.39 is 5.97 Å². The minimum absolute atomic E-state index is 0.162. The number of carbonyl (C=O) groups is 1. The molecule has 0 saturated carbocycles. The van der Waals surface area contributed by atoms with Gasteiger partial charge >= 0.3 is 5.97 Å². The highest BCUT2D eigenvalue weighted by Gasteiger charge is 2.03. The van der Waals surface area contributed by atoms with E-state index in [0.717, 1.165) is 21.3 Å². The Kier molecular flexibility index (Phi) is 5.33. The third-order valence-corrected chi connectivity index (χ3v) is 4.12. The molecular formula is C16H17BrN2O2. The summed E-state index contributed by atoms with van der Waals surface area (Å²) in [5, 5.41) is 12.0. The van der Waals surface area contributed by atoms with E-state index in [4.69, 9.17) is 5.11 Å². The lowest BCUT2D eigenvalue weighted by molar-refractivity contribution is -0.136. The van der Waals surface area contributed by atoms with Crippen molar-refractivity contribution in [2.75, 3.05) is 5.32 Å². The average molecular weight is 349 g/mol. The number of aryl methyl sites for hydroxylation is 1. The van der Waals surface area contributed by atoms with Crippen molar-refractivity contribution in [3.05, 3.63) is 57.8 Å². The van der Waals surface area contributed by atoms with E-state index in [1.165, 1.54) is 5.56 Å². The number of hydrogen-bond donors (Lipinski definition) is 2. The quantitative estimate of drug-likeness (QED) is 0.833. The van der Waals surface area contributed by atoms with Gasteiger partial charge in [0.1, 0.15) is 0 Å². The van der Waals surface area contributed by atoms with E-state index in [0.29, 0.717) is 13.0 Å². The first-order valence-corrected chi connectivity index (χ1v) is 7.49. The van der Waals surface area contributed by atoms with Crippen molar-refractivity contribution in [3.63, 3.8) is 0 Å². The van der Waals surface area contributed by atoms with Gasteiger partial charge in [-0.25, -0.2) is 0 Å². The van der Waals surface area contributed by atoms with Crippen LogP contribution in [0, 0.1) is 6.92 Å². The Labute approximate surface area is 132 Å². The second kappa shape index (κ2) is 7.22. The molecule has 21 heavy (non-hydrogen) atoms. The molecule has 2 N–H and O–H groups in total. The predicted molar refractivity (Wildman–Crippen MR) is 86.4 cm³/mol. The molecule has 0 aliphatic heterocycles. The third-order valence-electron chi connectivity index (χ3n) is 3.32. The zero-order chi connectivity index (χ0) is 15.2. The molecule has 0 aliphatic carbocycles. The number of aliphatic carboxylic acids is 1. The maximum Gasteiger partial charge on any atom is 0.303 e. The number of nitrogens with one attached hydrogen (secondary N) is 1. The molecule has 0 aliphatic rings. The predicted octanol–water partition coefficient (Wildman–Crippen LogP) is 3.78. The largest absolute Gasteiger partial charge is 0.481 e. The van der Waals surface area contributed by atoms with Crippen molar-refractivity contribution in [3.8, 4) is 0 Å². The molecule has 0 radical (unpaired) electrons. The van der Waals surface area contributed by atoms with Crippen molar-refractivity contribution in [2.24, 2.45) is 0 Å². The number of aromatic nitrogens is 1. The molecule has 4 nitrogen and oxygen atoms in total. The second-order valence-corrected chi connectivity index (χ2v) is 5.70. The number of rotatable bonds is 6. The molecule has 0 fully saturated rings. The van der Waals surface area contributed by atoms with Crippen molar-refractivity contribution in [1.82, 2.24) is 4.98 Å². The molecule has 2 rings (SSSR count). The van der Waals surface area contributed by atoms with Crippen molar-refractivity contribution >= 4 is 27.6 Å². The first kappa shape index (κ1) is 15.5. The topological polar surface area (TPSA) is 62.2 Å². The van der Waals surface area contributed by atoms with Crippen LogP contribution in [0.1, 0.15) is 23.1 Å². The number of anilines is 1. The summed E-state index contributed by atoms with van der Waals surface area (Å²) in [4.78, 5) is 14.7. The highest BCUT2D eigenvalue weighted by atomic mass is 79.9. The van der Waals surface area contributed by atoms with Gasteiger partial charge in [-0.15, -0.1) is 0 Å². The van der Waals surface area contributed by atoms with Gasteiger partial charge in [0, 0.05) is 35.5 Å². The first-order valence-electron chi connectivity index (χ1n) is 6.70. The fourth-order valence-corrected chi connectivity index (χ4v) is 2.33. The number of hydrogen-bond acceptors (Lipinski definition) is 3. The lowest BCUT2D eigenvalue weighted by atomic mass is 10.1. The number of pyridine rings is 1. The normalized spacial score (nSPS) is 10.4. The van der Waals surface area contributed by atoms with Gasteiger partial charge < -0.3 is 10.4 Å². The number of carboxylic acid groups (broad SMARTS) is 1. The Morgan fingerprint density at radius 1 is 1.29 bits per heavy atom. The first-order chi connectivity index (χ1) is 10.1. The summed E-state index contributed by atoms with van der Waals surface area (Å²) in [5.74, 6) is -0.769. The van der Waals surface area contributed by atoms with Gasteiger partial charge in [0.05, 0.1) is 0 Å². The Balaban J connectivity index is 1.94. The zero-order valence-electron chi connectivity index (χ0n) is 11.8. The van der Waals surface area contributed by atoms with Gasteiger partial charge in [-0.3, -0.25) is 9.78 Å². The van der Waals surface area contributed by atoms with E-state index in [1.54, 1.807) is 6.20 Å². The fraction of sp³-hybridized carbons (Fsp3) is 0.250. The van der Waals surface area contributed by atoms with Crippen LogP contribution >= 0.6 is 15.9 Å². The van der Waals surface area contributed by atoms with Gasteiger partial charge in [-0.05, 0) is 58.1 Å². The number of nitrogens with zero attached hydrogens (tertiary/aromatic N) is 1. The maximum absolute atomic E-state index is 10.5. The van der Waals surface area contributed by atoms with Gasteiger partial charge in [0.25, 0.3) is 0 Å². The highest BCUT2D eigenvalue weighted by Crippen LogP contribution is 2.19. The molecule has 0 bridgehead atoms. The van der Waals surface area contributed by atoms with E-state index in [2.05, 4.69) is 33.2 Å². The molecular weight excluding hydrogens is 332 g/mol. The van der Waals surface area contributed by atoms with Crippen LogP contribution in [0.2, 0.25) is 0 Å². The van der Waals surface area contributed by atoms with Crippen LogP contribution in [0.15, 0.2) is 41.1 Å². The zero-order valence-corrected chi connectivity index (χ0v) is 13.4. The van der Waals surface area contributed by atoms with Crippen LogP contribution in [0.3, 0.4) is 0 Å². The van der Waals surface area contributed by atoms with Gasteiger partial charge in [-0.1, -0.05) is 12.1 Å². The van der Waals surface area contributed by atoms with Crippen molar-refractivity contribution in [2.45, 2.75) is 26.3 Å². The monoisotopic (exact) mass is 348 g/mol. The Morgan fingerprint density at radius 3 is 2.67 bits per heavy atom. The van der Waals surface area contributed by atoms with E-state index in [1.807, 2.05) is 30.5 Å². The van der Waals surface area contributed by atoms with Crippen LogP contribution in [0.5, 0.6) is 0 Å². The van der Waals surface area contributed by atoms with Crippen LogP contribution in [-0.2, 0) is 17.8 Å². The smallest absolute Gasteiger partial charge is 0.303 e. The Morgan fingerprint density at radius 2 is 2.00 bits per heavy atom. The summed E-state index contributed by atoms with van der Waals surface area (Å²) in [6.07, 6.45) is 4.37. The summed E-state index contributed by atoms with van der Waals surface area (Å²) < 4.78 is 1.01. The Hall–Kier alpha value is -1.88. The summed E-state index contributed by atoms with van der Waals surface area (Å²) >= 11 is 3.47. The summed E-state index contributed by atoms with van der Waals surface area (Å²) in [7, 11) is 0. The maximum atomic E-state index is 10.5. The molecule has 1 aromatic carbocycles. The van der Waals surface area contributed by atoms with Crippen LogP contribution in [0.25, 0.3) is 0 Å². The summed E-state index contributed by atoms with van der Waals surface area (Å²) in [6.45, 7) is 2.75. The number of halogens is 1. The fourth-order valence-electron chi connectivity index (χ4n) is 1.96. The van der Waals surface area contributed by atoms with E-state index in [-0.39, 0.29) is 6.42 Å². The Bertz CT molecular complexity index is 627. The third kappa shape index (κ3) is 4.56. The van der Waals surface area contributed by atoms with Gasteiger partial charge in [0.2, 0.25) is 0 Å². The van der Waals surface area contributed by atoms with E-state index in [9.17, 15) is 4.79 Å². The molecule has 0 spiro atoms.